The Labute approximate surface area is 172 Å². The van der Waals surface area contributed by atoms with E-state index in [1.807, 2.05) is 22.9 Å². The van der Waals surface area contributed by atoms with Crippen molar-refractivity contribution in [2.24, 2.45) is 0 Å². The first-order valence-corrected chi connectivity index (χ1v) is 13.4. The number of rotatable bonds is 10. The summed E-state index contributed by atoms with van der Waals surface area (Å²) < 4.78 is 19.0. The fourth-order valence-electron chi connectivity index (χ4n) is 2.90. The molecule has 0 saturated carbocycles. The van der Waals surface area contributed by atoms with Crippen LogP contribution in [0, 0.1) is 0 Å². The van der Waals surface area contributed by atoms with Crippen LogP contribution >= 0.6 is 0 Å². The Bertz CT molecular complexity index is 955. The van der Waals surface area contributed by atoms with E-state index < -0.39 is 8.07 Å². The summed E-state index contributed by atoms with van der Waals surface area (Å²) in [5.74, 6) is 0.945. The fourth-order valence-corrected chi connectivity index (χ4v) is 3.66. The van der Waals surface area contributed by atoms with Crippen LogP contribution in [-0.4, -0.2) is 54.5 Å². The number of nitrogens with two attached hydrogens (primary N) is 1. The zero-order valence-corrected chi connectivity index (χ0v) is 18.5. The second-order valence-electron chi connectivity index (χ2n) is 8.01. The third kappa shape index (κ3) is 5.53. The van der Waals surface area contributed by atoms with Crippen LogP contribution in [0.4, 0.5) is 5.95 Å². The molecule has 0 atom stereocenters. The minimum absolute atomic E-state index is 0.223. The molecule has 2 N–H and O–H groups in total. The zero-order valence-electron chi connectivity index (χ0n) is 17.5. The lowest BCUT2D eigenvalue weighted by Crippen LogP contribution is -2.22. The highest BCUT2D eigenvalue weighted by molar-refractivity contribution is 6.76. The third-order valence-corrected chi connectivity index (χ3v) is 6.15. The first-order chi connectivity index (χ1) is 13.9. The van der Waals surface area contributed by atoms with E-state index in [-0.39, 0.29) is 5.95 Å². The van der Waals surface area contributed by atoms with Gasteiger partial charge in [-0.15, -0.1) is 0 Å². The summed E-state index contributed by atoms with van der Waals surface area (Å²) >= 11 is 0. The molecular formula is C20H29N5O3Si. The average molecular weight is 416 g/mol. The molecule has 3 rings (SSSR count). The molecule has 156 valence electrons. The number of fused-ring (bicyclic) bond motifs is 1. The van der Waals surface area contributed by atoms with E-state index in [0.29, 0.717) is 25.6 Å². The van der Waals surface area contributed by atoms with Crippen molar-refractivity contribution in [1.29, 1.82) is 0 Å². The largest absolute Gasteiger partial charge is 0.490 e. The van der Waals surface area contributed by atoms with Crippen molar-refractivity contribution in [3.05, 3.63) is 30.7 Å². The monoisotopic (exact) mass is 415 g/mol. The third-order valence-electron chi connectivity index (χ3n) is 4.44. The Morgan fingerprint density at radius 3 is 2.59 bits per heavy atom. The second-order valence-corrected chi connectivity index (χ2v) is 13.6. The molecule has 3 aromatic rings. The van der Waals surface area contributed by atoms with Crippen LogP contribution < -0.4 is 10.5 Å². The maximum Gasteiger partial charge on any atom is 0.220 e. The van der Waals surface area contributed by atoms with Gasteiger partial charge in [0.05, 0.1) is 17.7 Å². The van der Waals surface area contributed by atoms with Crippen molar-refractivity contribution in [3.63, 3.8) is 0 Å². The topological polar surface area (TPSA) is 97.3 Å². The van der Waals surface area contributed by atoms with E-state index in [1.54, 1.807) is 19.5 Å². The zero-order chi connectivity index (χ0) is 20.9. The van der Waals surface area contributed by atoms with Gasteiger partial charge in [-0.1, -0.05) is 19.6 Å². The van der Waals surface area contributed by atoms with E-state index in [1.165, 1.54) is 0 Å². The van der Waals surface area contributed by atoms with Crippen LogP contribution in [0.2, 0.25) is 25.7 Å². The fraction of sp³-hybridized carbons (Fsp3) is 0.450. The van der Waals surface area contributed by atoms with Gasteiger partial charge in [0.15, 0.2) is 0 Å². The van der Waals surface area contributed by atoms with Gasteiger partial charge in [-0.3, -0.25) is 0 Å². The molecular weight excluding hydrogens is 386 g/mol. The number of nitrogen functional groups attached to an aromatic ring is 1. The predicted octanol–water partition coefficient (Wildman–Crippen LogP) is 3.41. The van der Waals surface area contributed by atoms with Crippen LogP contribution in [0.5, 0.6) is 5.75 Å². The van der Waals surface area contributed by atoms with Gasteiger partial charge in [0, 0.05) is 45.9 Å². The molecule has 0 aliphatic heterocycles. The van der Waals surface area contributed by atoms with E-state index >= 15 is 0 Å². The van der Waals surface area contributed by atoms with Crippen molar-refractivity contribution in [1.82, 2.24) is 19.5 Å². The molecule has 0 bridgehead atoms. The normalized spacial score (nSPS) is 11.9. The first-order valence-electron chi connectivity index (χ1n) is 9.65. The standard InChI is InChI=1S/C20H29N5O3Si/c1-26-9-10-28-17-6-8-22-19-18(17)15(16-5-7-23-20(21)24-16)13-25(19)14-27-11-12-29(2,3)4/h5-8,13H,9-12,14H2,1-4H3,(H2,21,23,24). The summed E-state index contributed by atoms with van der Waals surface area (Å²) in [5.41, 5.74) is 8.18. The number of methoxy groups -OCH3 is 1. The molecule has 9 heteroatoms. The van der Waals surface area contributed by atoms with E-state index in [2.05, 4.69) is 34.6 Å². The van der Waals surface area contributed by atoms with Gasteiger partial charge in [-0.05, 0) is 18.2 Å². The van der Waals surface area contributed by atoms with Crippen LogP contribution in [-0.2, 0) is 16.2 Å². The Morgan fingerprint density at radius 1 is 1.07 bits per heavy atom. The molecule has 0 saturated heterocycles. The van der Waals surface area contributed by atoms with Gasteiger partial charge < -0.3 is 24.5 Å². The molecule has 0 spiro atoms. The average Bonchev–Trinajstić information content (AvgIpc) is 3.04. The molecule has 0 aliphatic carbocycles. The van der Waals surface area contributed by atoms with Crippen molar-refractivity contribution in [2.45, 2.75) is 32.4 Å². The smallest absolute Gasteiger partial charge is 0.220 e. The Hall–Kier alpha value is -2.49. The number of aromatic nitrogens is 4. The summed E-state index contributed by atoms with van der Waals surface area (Å²) in [7, 11) is 0.505. The lowest BCUT2D eigenvalue weighted by molar-refractivity contribution is 0.0899. The number of pyridine rings is 1. The quantitative estimate of drug-likeness (QED) is 0.400. The molecule has 29 heavy (non-hydrogen) atoms. The molecule has 0 radical (unpaired) electrons. The van der Waals surface area contributed by atoms with E-state index in [9.17, 15) is 0 Å². The lowest BCUT2D eigenvalue weighted by Gasteiger charge is -2.15. The molecule has 8 nitrogen and oxygen atoms in total. The molecule has 0 unspecified atom stereocenters. The number of anilines is 1. The van der Waals surface area contributed by atoms with Gasteiger partial charge in [-0.25, -0.2) is 15.0 Å². The Balaban J connectivity index is 1.96. The Morgan fingerprint density at radius 2 is 1.86 bits per heavy atom. The first kappa shape index (κ1) is 21.2. The number of hydrogen-bond acceptors (Lipinski definition) is 7. The van der Waals surface area contributed by atoms with Crippen molar-refractivity contribution in [2.75, 3.05) is 32.7 Å². The summed E-state index contributed by atoms with van der Waals surface area (Å²) in [6, 6.07) is 4.79. The van der Waals surface area contributed by atoms with Gasteiger partial charge in [-0.2, -0.15) is 0 Å². The SMILES string of the molecule is COCCOc1ccnc2c1c(-c1ccnc(N)n1)cn2COCC[Si](C)(C)C. The van der Waals surface area contributed by atoms with Crippen molar-refractivity contribution >= 4 is 25.1 Å². The van der Waals surface area contributed by atoms with E-state index in [4.69, 9.17) is 19.9 Å². The van der Waals surface area contributed by atoms with Crippen LogP contribution in [0.15, 0.2) is 30.7 Å². The molecule has 3 aromatic heterocycles. The predicted molar refractivity (Wildman–Crippen MR) is 117 cm³/mol. The van der Waals surface area contributed by atoms with Crippen LogP contribution in [0.25, 0.3) is 22.3 Å². The second kappa shape index (κ2) is 9.34. The number of nitrogens with zero attached hydrogens (tertiary/aromatic N) is 4. The summed E-state index contributed by atoms with van der Waals surface area (Å²) in [6.45, 7) is 9.10. The Kier molecular flexibility index (Phi) is 6.83. The van der Waals surface area contributed by atoms with Crippen molar-refractivity contribution in [3.8, 4) is 17.0 Å². The summed E-state index contributed by atoms with van der Waals surface area (Å²) in [4.78, 5) is 12.9. The van der Waals surface area contributed by atoms with Gasteiger partial charge >= 0.3 is 0 Å². The highest BCUT2D eigenvalue weighted by Crippen LogP contribution is 2.35. The highest BCUT2D eigenvalue weighted by atomic mass is 28.3. The van der Waals surface area contributed by atoms with Crippen LogP contribution in [0.3, 0.4) is 0 Å². The van der Waals surface area contributed by atoms with Crippen molar-refractivity contribution < 1.29 is 14.2 Å². The summed E-state index contributed by atoms with van der Waals surface area (Å²) in [6.07, 6.45) is 5.37. The lowest BCUT2D eigenvalue weighted by atomic mass is 10.1. The minimum atomic E-state index is -1.14. The maximum atomic E-state index is 5.95. The molecule has 0 aromatic carbocycles. The number of ether oxygens (including phenoxy) is 3. The molecule has 0 fully saturated rings. The van der Waals surface area contributed by atoms with Gasteiger partial charge in [0.2, 0.25) is 5.95 Å². The highest BCUT2D eigenvalue weighted by Gasteiger charge is 2.18. The summed E-state index contributed by atoms with van der Waals surface area (Å²) in [5, 5.41) is 0.871. The molecule has 0 aliphatic rings. The maximum absolute atomic E-state index is 5.95. The van der Waals surface area contributed by atoms with E-state index in [0.717, 1.165) is 35.0 Å². The minimum Gasteiger partial charge on any atom is -0.490 e. The molecule has 3 heterocycles. The van der Waals surface area contributed by atoms with Crippen LogP contribution in [0.1, 0.15) is 0 Å². The van der Waals surface area contributed by atoms with Gasteiger partial charge in [0.1, 0.15) is 24.7 Å². The number of hydrogen-bond donors (Lipinski definition) is 1. The molecule has 0 amide bonds. The van der Waals surface area contributed by atoms with Gasteiger partial charge in [0.25, 0.3) is 0 Å².